The van der Waals surface area contributed by atoms with Crippen LogP contribution in [0.15, 0.2) is 30.1 Å². The zero-order valence-corrected chi connectivity index (χ0v) is 13.1. The normalized spacial score (nSPS) is 14.7. The molecule has 0 atom stereocenters. The molecule has 1 heterocycles. The van der Waals surface area contributed by atoms with E-state index in [1.807, 2.05) is 18.5 Å². The average molecular weight is 315 g/mol. The van der Waals surface area contributed by atoms with Gasteiger partial charge in [-0.2, -0.15) is 0 Å². The number of aromatic carboxylic acids is 1. The Kier molecular flexibility index (Phi) is 3.72. The van der Waals surface area contributed by atoms with Crippen molar-refractivity contribution in [3.63, 3.8) is 0 Å². The first-order valence-electron chi connectivity index (χ1n) is 7.58. The maximum Gasteiger partial charge on any atom is 0.339 e. The molecular weight excluding hydrogens is 297 g/mol. The van der Waals surface area contributed by atoms with Crippen LogP contribution in [0.1, 0.15) is 41.4 Å². The lowest BCUT2D eigenvalue weighted by atomic mass is 9.96. The Morgan fingerprint density at radius 3 is 2.74 bits per heavy atom. The van der Waals surface area contributed by atoms with E-state index >= 15 is 0 Å². The van der Waals surface area contributed by atoms with Crippen LogP contribution in [0.2, 0.25) is 0 Å². The van der Waals surface area contributed by atoms with Crippen LogP contribution < -0.4 is 0 Å². The molecule has 0 spiro atoms. The number of carbonyl (C=O) groups is 1. The van der Waals surface area contributed by atoms with Crippen LogP contribution >= 0.6 is 0 Å². The number of allylic oxidation sites excluding steroid dienone is 4. The van der Waals surface area contributed by atoms with Gasteiger partial charge in [-0.1, -0.05) is 6.92 Å². The van der Waals surface area contributed by atoms with E-state index in [0.29, 0.717) is 12.8 Å². The second-order valence-electron chi connectivity index (χ2n) is 5.73. The van der Waals surface area contributed by atoms with Crippen molar-refractivity contribution in [3.8, 4) is 5.75 Å². The topological polar surface area (TPSA) is 62.5 Å². The highest BCUT2D eigenvalue weighted by molar-refractivity contribution is 6.00. The number of halogens is 1. The summed E-state index contributed by atoms with van der Waals surface area (Å²) in [5, 5.41) is 20.0. The predicted molar refractivity (Wildman–Crippen MR) is 87.3 cm³/mol. The van der Waals surface area contributed by atoms with E-state index in [1.165, 1.54) is 18.2 Å². The number of carboxylic acid groups (broad SMARTS) is 1. The molecule has 120 valence electrons. The highest BCUT2D eigenvalue weighted by Gasteiger charge is 2.21. The minimum Gasteiger partial charge on any atom is -0.507 e. The molecule has 1 aromatic carbocycles. The minimum atomic E-state index is -1.16. The van der Waals surface area contributed by atoms with Crippen LogP contribution in [0.4, 0.5) is 4.39 Å². The van der Waals surface area contributed by atoms with Crippen LogP contribution in [-0.4, -0.2) is 20.7 Å². The molecule has 5 heteroatoms. The highest BCUT2D eigenvalue weighted by Crippen LogP contribution is 2.37. The van der Waals surface area contributed by atoms with Crippen molar-refractivity contribution in [3.05, 3.63) is 46.9 Å². The van der Waals surface area contributed by atoms with Gasteiger partial charge in [0.15, 0.2) is 0 Å². The molecule has 4 nitrogen and oxygen atoms in total. The van der Waals surface area contributed by atoms with Crippen LogP contribution in [0.5, 0.6) is 5.75 Å². The Labute approximate surface area is 133 Å². The Hall–Kier alpha value is -2.56. The number of hydrogen-bond acceptors (Lipinski definition) is 2. The fourth-order valence-corrected chi connectivity index (χ4v) is 3.34. The number of aromatic nitrogens is 1. The Morgan fingerprint density at radius 2 is 2.13 bits per heavy atom. The quantitative estimate of drug-likeness (QED) is 0.893. The number of fused-ring (bicyclic) bond motifs is 1. The lowest BCUT2D eigenvalue weighted by Gasteiger charge is -2.14. The molecule has 0 aliphatic heterocycles. The van der Waals surface area contributed by atoms with Crippen molar-refractivity contribution < 1.29 is 19.4 Å². The third-order valence-corrected chi connectivity index (χ3v) is 4.38. The molecular formula is C18H18FNO3. The first-order chi connectivity index (χ1) is 10.9. The summed E-state index contributed by atoms with van der Waals surface area (Å²) < 4.78 is 15.5. The van der Waals surface area contributed by atoms with Gasteiger partial charge in [-0.15, -0.1) is 0 Å². The number of rotatable bonds is 3. The van der Waals surface area contributed by atoms with Crippen LogP contribution in [0.3, 0.4) is 0 Å². The summed E-state index contributed by atoms with van der Waals surface area (Å²) in [7, 11) is 1.85. The van der Waals surface area contributed by atoms with E-state index in [0.717, 1.165) is 34.2 Å². The molecule has 0 saturated heterocycles. The monoisotopic (exact) mass is 315 g/mol. The number of benzene rings is 1. The van der Waals surface area contributed by atoms with E-state index in [1.54, 1.807) is 6.08 Å². The molecule has 0 unspecified atom stereocenters. The van der Waals surface area contributed by atoms with Crippen molar-refractivity contribution in [2.24, 2.45) is 7.05 Å². The molecule has 0 amide bonds. The van der Waals surface area contributed by atoms with Crippen molar-refractivity contribution in [2.75, 3.05) is 0 Å². The lowest BCUT2D eigenvalue weighted by molar-refractivity contribution is 0.0694. The van der Waals surface area contributed by atoms with Crippen molar-refractivity contribution in [1.82, 2.24) is 4.57 Å². The molecule has 0 bridgehead atoms. The number of aromatic hydroxyl groups is 1. The van der Waals surface area contributed by atoms with E-state index < -0.39 is 5.97 Å². The Balaban J connectivity index is 2.33. The molecule has 1 aromatic heterocycles. The van der Waals surface area contributed by atoms with Crippen molar-refractivity contribution >= 4 is 22.4 Å². The van der Waals surface area contributed by atoms with E-state index in [-0.39, 0.29) is 17.1 Å². The fraction of sp³-hybridized carbons (Fsp3) is 0.278. The van der Waals surface area contributed by atoms with Gasteiger partial charge in [-0.25, -0.2) is 9.18 Å². The fourth-order valence-electron chi connectivity index (χ4n) is 3.34. The third-order valence-electron chi connectivity index (χ3n) is 4.38. The minimum absolute atomic E-state index is 0.118. The van der Waals surface area contributed by atoms with Gasteiger partial charge in [-0.05, 0) is 48.6 Å². The maximum atomic E-state index is 13.6. The smallest absolute Gasteiger partial charge is 0.339 e. The van der Waals surface area contributed by atoms with Gasteiger partial charge >= 0.3 is 5.97 Å². The van der Waals surface area contributed by atoms with E-state index in [9.17, 15) is 19.4 Å². The van der Waals surface area contributed by atoms with Crippen molar-refractivity contribution in [2.45, 2.75) is 26.2 Å². The molecule has 1 aliphatic rings. The molecule has 3 rings (SSSR count). The number of hydrogen-bond donors (Lipinski definition) is 2. The van der Waals surface area contributed by atoms with Gasteiger partial charge in [-0.3, -0.25) is 0 Å². The molecule has 2 N–H and O–H groups in total. The van der Waals surface area contributed by atoms with Gasteiger partial charge in [0, 0.05) is 24.2 Å². The summed E-state index contributed by atoms with van der Waals surface area (Å²) in [5.74, 6) is -1.67. The van der Waals surface area contributed by atoms with Gasteiger partial charge in [0.1, 0.15) is 17.1 Å². The SMILES string of the molecule is CCc1c(C2=CC(F)=CCC2)n(C)c2cc(O)c(C(=O)O)cc12. The van der Waals surface area contributed by atoms with Crippen LogP contribution in [0, 0.1) is 0 Å². The molecule has 0 fully saturated rings. The lowest BCUT2D eigenvalue weighted by Crippen LogP contribution is -2.01. The largest absolute Gasteiger partial charge is 0.507 e. The molecule has 1 aliphatic carbocycles. The van der Waals surface area contributed by atoms with Gasteiger partial charge < -0.3 is 14.8 Å². The number of aryl methyl sites for hydroxylation is 2. The van der Waals surface area contributed by atoms with E-state index in [2.05, 4.69) is 0 Å². The van der Waals surface area contributed by atoms with Crippen molar-refractivity contribution in [1.29, 1.82) is 0 Å². The van der Waals surface area contributed by atoms with Gasteiger partial charge in [0.2, 0.25) is 0 Å². The third kappa shape index (κ3) is 2.42. The Morgan fingerprint density at radius 1 is 1.39 bits per heavy atom. The van der Waals surface area contributed by atoms with Gasteiger partial charge in [0.25, 0.3) is 0 Å². The highest BCUT2D eigenvalue weighted by atomic mass is 19.1. The molecule has 23 heavy (non-hydrogen) atoms. The molecule has 0 saturated carbocycles. The zero-order valence-electron chi connectivity index (χ0n) is 13.1. The average Bonchev–Trinajstić information content (AvgIpc) is 2.78. The van der Waals surface area contributed by atoms with E-state index in [4.69, 9.17) is 0 Å². The maximum absolute atomic E-state index is 13.6. The molecule has 0 radical (unpaired) electrons. The second kappa shape index (κ2) is 5.57. The number of nitrogens with zero attached hydrogens (tertiary/aromatic N) is 1. The summed E-state index contributed by atoms with van der Waals surface area (Å²) in [4.78, 5) is 11.3. The first kappa shape index (κ1) is 15.3. The summed E-state index contributed by atoms with van der Waals surface area (Å²) in [6.07, 6.45) is 5.18. The first-order valence-corrected chi connectivity index (χ1v) is 7.58. The van der Waals surface area contributed by atoms with Crippen LogP contribution in [-0.2, 0) is 13.5 Å². The summed E-state index contributed by atoms with van der Waals surface area (Å²) in [5.41, 5.74) is 3.42. The summed E-state index contributed by atoms with van der Waals surface area (Å²) in [6.45, 7) is 1.99. The summed E-state index contributed by atoms with van der Waals surface area (Å²) in [6, 6.07) is 2.97. The van der Waals surface area contributed by atoms with Gasteiger partial charge in [0.05, 0.1) is 5.52 Å². The number of carboxylic acids is 1. The number of phenols is 1. The molecule has 2 aromatic rings. The standard InChI is InChI=1S/C18H18FNO3/c1-3-12-13-8-14(18(22)23)16(21)9-15(13)20(2)17(12)10-5-4-6-11(19)7-10/h6-9,21H,3-5H2,1-2H3,(H,22,23). The Bertz CT molecular complexity index is 874. The predicted octanol–water partition coefficient (Wildman–Crippen LogP) is 4.18. The summed E-state index contributed by atoms with van der Waals surface area (Å²) >= 11 is 0. The zero-order chi connectivity index (χ0) is 16.7. The van der Waals surface area contributed by atoms with Crippen LogP contribution in [0.25, 0.3) is 16.5 Å². The second-order valence-corrected chi connectivity index (χ2v) is 5.73.